The van der Waals surface area contributed by atoms with E-state index in [1.165, 1.54) is 6.07 Å². The van der Waals surface area contributed by atoms with Gasteiger partial charge in [-0.3, -0.25) is 14.3 Å². The van der Waals surface area contributed by atoms with Crippen molar-refractivity contribution >= 4 is 39.1 Å². The molecule has 1 aromatic heterocycles. The number of piperidine rings is 1. The molecule has 0 radical (unpaired) electrons. The molecule has 1 aliphatic heterocycles. The van der Waals surface area contributed by atoms with Gasteiger partial charge in [-0.15, -0.1) is 0 Å². The van der Waals surface area contributed by atoms with Crippen molar-refractivity contribution in [2.24, 2.45) is 23.7 Å². The zero-order valence-electron chi connectivity index (χ0n) is 19.9. The summed E-state index contributed by atoms with van der Waals surface area (Å²) in [5, 5.41) is 12.0. The topological polar surface area (TPSA) is 138 Å². The lowest BCUT2D eigenvalue weighted by atomic mass is 10.1. The number of benzene rings is 1. The van der Waals surface area contributed by atoms with Gasteiger partial charge in [0.15, 0.2) is 0 Å². The predicted octanol–water partition coefficient (Wildman–Crippen LogP) is 2.90. The van der Waals surface area contributed by atoms with Crippen LogP contribution in [0, 0.1) is 23.7 Å². The van der Waals surface area contributed by atoms with E-state index in [9.17, 15) is 23.1 Å². The van der Waals surface area contributed by atoms with Gasteiger partial charge < -0.3 is 20.1 Å². The third-order valence-electron chi connectivity index (χ3n) is 6.25. The first kappa shape index (κ1) is 24.8. The van der Waals surface area contributed by atoms with Crippen molar-refractivity contribution in [3.63, 3.8) is 0 Å². The maximum atomic E-state index is 13.1. The number of carbonyl (C=O) groups excluding carboxylic acids is 1. The molecule has 1 aromatic carbocycles. The van der Waals surface area contributed by atoms with E-state index in [1.54, 1.807) is 30.3 Å². The van der Waals surface area contributed by atoms with Crippen LogP contribution in [0.3, 0.4) is 0 Å². The van der Waals surface area contributed by atoms with E-state index in [2.05, 4.69) is 28.9 Å². The number of rotatable bonds is 10. The molecular weight excluding hydrogens is 472 g/mol. The Kier molecular flexibility index (Phi) is 6.88. The molecule has 3 atom stereocenters. The van der Waals surface area contributed by atoms with Gasteiger partial charge in [0.25, 0.3) is 5.91 Å². The van der Waals surface area contributed by atoms with Crippen LogP contribution in [0.15, 0.2) is 36.4 Å². The molecule has 1 unspecified atom stereocenters. The van der Waals surface area contributed by atoms with Crippen LogP contribution < -0.4 is 19.7 Å². The van der Waals surface area contributed by atoms with Gasteiger partial charge in [0.2, 0.25) is 15.9 Å². The number of anilines is 3. The number of hydrogen-bond donors (Lipinski definition) is 3. The number of carboxylic acid groups (broad SMARTS) is 1. The van der Waals surface area contributed by atoms with Gasteiger partial charge in [0.1, 0.15) is 11.4 Å². The number of hydrogen-bond acceptors (Lipinski definition) is 7. The van der Waals surface area contributed by atoms with Gasteiger partial charge in [0, 0.05) is 18.8 Å². The Morgan fingerprint density at radius 1 is 1.17 bits per heavy atom. The summed E-state index contributed by atoms with van der Waals surface area (Å²) in [7, 11) is -3.45. The van der Waals surface area contributed by atoms with Crippen LogP contribution in [0.5, 0.6) is 5.88 Å². The molecular formula is C24H30N4O6S. The fraction of sp³-hybridized carbons (Fsp3) is 0.458. The number of carboxylic acids is 1. The average molecular weight is 503 g/mol. The molecule has 3 N–H and O–H groups in total. The highest BCUT2D eigenvalue weighted by atomic mass is 32.2. The monoisotopic (exact) mass is 502 g/mol. The first-order chi connectivity index (χ1) is 16.5. The number of pyridine rings is 1. The molecule has 2 aliphatic rings. The minimum atomic E-state index is -3.45. The molecule has 0 bridgehead atoms. The number of nitrogens with one attached hydrogen (secondary N) is 2. The number of sulfonamides is 1. The number of ether oxygens (including phenoxy) is 1. The third kappa shape index (κ3) is 6.02. The summed E-state index contributed by atoms with van der Waals surface area (Å²) in [6.07, 6.45) is 1.85. The SMILES string of the molecule is CC(C)CCOc1nc(N2C[C@@H]3C(C(=O)O)[C@@H]3C2)ccc1C(=O)Nc1cccc(NS(C)(=O)=O)c1. The smallest absolute Gasteiger partial charge is 0.307 e. The van der Waals surface area contributed by atoms with Crippen molar-refractivity contribution in [3.8, 4) is 5.88 Å². The van der Waals surface area contributed by atoms with Crippen LogP contribution >= 0.6 is 0 Å². The lowest BCUT2D eigenvalue weighted by molar-refractivity contribution is -0.139. The van der Waals surface area contributed by atoms with Crippen molar-refractivity contribution in [1.82, 2.24) is 4.98 Å². The summed E-state index contributed by atoms with van der Waals surface area (Å²) in [6, 6.07) is 9.79. The first-order valence-corrected chi connectivity index (χ1v) is 13.4. The summed E-state index contributed by atoms with van der Waals surface area (Å²) in [5.74, 6) is 0.0951. The maximum Gasteiger partial charge on any atom is 0.307 e. The summed E-state index contributed by atoms with van der Waals surface area (Å²) >= 11 is 0. The van der Waals surface area contributed by atoms with Crippen molar-refractivity contribution < 1.29 is 27.9 Å². The van der Waals surface area contributed by atoms with Crippen molar-refractivity contribution in [2.75, 3.05) is 40.9 Å². The molecule has 188 valence electrons. The molecule has 1 saturated carbocycles. The van der Waals surface area contributed by atoms with Gasteiger partial charge >= 0.3 is 5.97 Å². The second-order valence-corrected chi connectivity index (χ2v) is 11.3. The van der Waals surface area contributed by atoms with Gasteiger partial charge in [-0.25, -0.2) is 8.42 Å². The number of carbonyl (C=O) groups is 2. The highest BCUT2D eigenvalue weighted by Crippen LogP contribution is 2.52. The number of aliphatic carboxylic acids is 1. The fourth-order valence-electron chi connectivity index (χ4n) is 4.43. The predicted molar refractivity (Wildman–Crippen MR) is 132 cm³/mol. The largest absolute Gasteiger partial charge is 0.481 e. The minimum Gasteiger partial charge on any atom is -0.481 e. The zero-order chi connectivity index (χ0) is 25.3. The minimum absolute atomic E-state index is 0.135. The van der Waals surface area contributed by atoms with Crippen LogP contribution in [0.25, 0.3) is 0 Å². The Labute approximate surface area is 204 Å². The quantitative estimate of drug-likeness (QED) is 0.451. The van der Waals surface area contributed by atoms with E-state index in [0.717, 1.165) is 12.7 Å². The van der Waals surface area contributed by atoms with E-state index in [1.807, 2.05) is 4.90 Å². The Bertz CT molecular complexity index is 1220. The third-order valence-corrected chi connectivity index (χ3v) is 6.86. The molecule has 1 saturated heterocycles. The van der Waals surface area contributed by atoms with Gasteiger partial charge in [-0.2, -0.15) is 4.98 Å². The van der Waals surface area contributed by atoms with Gasteiger partial charge in [0.05, 0.1) is 24.5 Å². The molecule has 1 amide bonds. The summed E-state index contributed by atoms with van der Waals surface area (Å²) in [6.45, 7) is 5.79. The molecule has 35 heavy (non-hydrogen) atoms. The summed E-state index contributed by atoms with van der Waals surface area (Å²) < 4.78 is 31.3. The Morgan fingerprint density at radius 2 is 1.86 bits per heavy atom. The number of nitrogens with zero attached hydrogens (tertiary/aromatic N) is 2. The van der Waals surface area contributed by atoms with Crippen LogP contribution in [0.2, 0.25) is 0 Å². The van der Waals surface area contributed by atoms with Crippen LogP contribution in [-0.4, -0.2) is 56.3 Å². The van der Waals surface area contributed by atoms with Crippen molar-refractivity contribution in [2.45, 2.75) is 20.3 Å². The first-order valence-electron chi connectivity index (χ1n) is 11.5. The van der Waals surface area contributed by atoms with Crippen molar-refractivity contribution in [1.29, 1.82) is 0 Å². The second kappa shape index (κ2) is 9.73. The average Bonchev–Trinajstić information content (AvgIpc) is 3.27. The van der Waals surface area contributed by atoms with Crippen molar-refractivity contribution in [3.05, 3.63) is 42.0 Å². The molecule has 2 heterocycles. The molecule has 1 aliphatic carbocycles. The van der Waals surface area contributed by atoms with E-state index in [0.29, 0.717) is 42.8 Å². The number of amides is 1. The van der Waals surface area contributed by atoms with E-state index in [4.69, 9.17) is 4.74 Å². The Morgan fingerprint density at radius 3 is 2.49 bits per heavy atom. The molecule has 4 rings (SSSR count). The van der Waals surface area contributed by atoms with Crippen LogP contribution in [0.1, 0.15) is 30.6 Å². The molecule has 0 spiro atoms. The van der Waals surface area contributed by atoms with E-state index >= 15 is 0 Å². The lowest BCUT2D eigenvalue weighted by Gasteiger charge is -2.22. The normalized spacial score (nSPS) is 20.9. The summed E-state index contributed by atoms with van der Waals surface area (Å²) in [5.41, 5.74) is 1.01. The molecule has 10 nitrogen and oxygen atoms in total. The van der Waals surface area contributed by atoms with Gasteiger partial charge in [-0.05, 0) is 54.5 Å². The molecule has 11 heteroatoms. The maximum absolute atomic E-state index is 13.1. The molecule has 2 aromatic rings. The van der Waals surface area contributed by atoms with Crippen LogP contribution in [0.4, 0.5) is 17.2 Å². The highest BCUT2D eigenvalue weighted by molar-refractivity contribution is 7.92. The van der Waals surface area contributed by atoms with E-state index < -0.39 is 21.9 Å². The zero-order valence-corrected chi connectivity index (χ0v) is 20.7. The fourth-order valence-corrected chi connectivity index (χ4v) is 4.99. The van der Waals surface area contributed by atoms with Crippen LogP contribution in [-0.2, 0) is 14.8 Å². The highest BCUT2D eigenvalue weighted by Gasteiger charge is 2.60. The Balaban J connectivity index is 1.51. The number of fused-ring (bicyclic) bond motifs is 1. The second-order valence-electron chi connectivity index (χ2n) is 9.56. The number of aromatic nitrogens is 1. The standard InChI is InChI=1S/C24H30N4O6S/c1-14(2)9-10-34-23-17(22(29)25-15-5-4-6-16(11-15)27-35(3,32)33)7-8-20(26-23)28-12-18-19(13-28)21(18)24(30)31/h4-8,11,14,18-19,21,27H,9-10,12-13H2,1-3H3,(H,25,29)(H,30,31)/t18-,19+,21?. The lowest BCUT2D eigenvalue weighted by Crippen LogP contribution is -2.27. The Hall–Kier alpha value is -3.34. The van der Waals surface area contributed by atoms with Gasteiger partial charge in [-0.1, -0.05) is 19.9 Å². The van der Waals surface area contributed by atoms with E-state index in [-0.39, 0.29) is 29.2 Å². The summed E-state index contributed by atoms with van der Waals surface area (Å²) in [4.78, 5) is 31.0. The molecule has 2 fully saturated rings.